The summed E-state index contributed by atoms with van der Waals surface area (Å²) >= 11 is 0. The van der Waals surface area contributed by atoms with E-state index in [2.05, 4.69) is 12.2 Å². The fourth-order valence-electron chi connectivity index (χ4n) is 1.96. The summed E-state index contributed by atoms with van der Waals surface area (Å²) < 4.78 is 10.5. The first-order chi connectivity index (χ1) is 7.75. The molecule has 0 bridgehead atoms. The summed E-state index contributed by atoms with van der Waals surface area (Å²) in [5.74, 6) is 1.01. The molecule has 3 atom stereocenters. The molecule has 0 spiro atoms. The molecule has 90 valence electrons. The molecule has 1 fully saturated rings. The van der Waals surface area contributed by atoms with Gasteiger partial charge in [-0.1, -0.05) is 0 Å². The quantitative estimate of drug-likeness (QED) is 0.783. The molecule has 3 unspecified atom stereocenters. The van der Waals surface area contributed by atoms with Gasteiger partial charge in [-0.2, -0.15) is 0 Å². The number of hydrogen-bond donors (Lipinski definition) is 2. The zero-order valence-corrected chi connectivity index (χ0v) is 9.56. The molecule has 0 saturated carbocycles. The van der Waals surface area contributed by atoms with Gasteiger partial charge in [-0.3, -0.25) is 0 Å². The lowest BCUT2D eigenvalue weighted by Crippen LogP contribution is -2.43. The van der Waals surface area contributed by atoms with Crippen molar-refractivity contribution in [3.63, 3.8) is 0 Å². The monoisotopic (exact) mass is 225 g/mol. The number of furan rings is 1. The van der Waals surface area contributed by atoms with Crippen LogP contribution in [0.2, 0.25) is 0 Å². The molecule has 2 heterocycles. The summed E-state index contributed by atoms with van der Waals surface area (Å²) in [4.78, 5) is 0. The predicted molar refractivity (Wildman–Crippen MR) is 60.2 cm³/mol. The van der Waals surface area contributed by atoms with E-state index >= 15 is 0 Å². The Bertz CT molecular complexity index is 299. The van der Waals surface area contributed by atoms with Gasteiger partial charge in [0.05, 0.1) is 31.6 Å². The van der Waals surface area contributed by atoms with Gasteiger partial charge in [0.1, 0.15) is 5.76 Å². The Hall–Kier alpha value is -0.840. The van der Waals surface area contributed by atoms with Crippen LogP contribution in [0, 0.1) is 0 Å². The zero-order chi connectivity index (χ0) is 11.4. The standard InChI is InChI=1S/C12H19NO3/c1-9(4-5-10-3-2-6-16-10)13-11-7-15-8-12(11)14/h2-3,6,9,11-14H,4-5,7-8H2,1H3. The van der Waals surface area contributed by atoms with Gasteiger partial charge < -0.3 is 19.6 Å². The number of ether oxygens (including phenoxy) is 1. The number of aliphatic hydroxyl groups excluding tert-OH is 1. The fourth-order valence-corrected chi connectivity index (χ4v) is 1.96. The van der Waals surface area contributed by atoms with Crippen molar-refractivity contribution in [2.75, 3.05) is 13.2 Å². The molecule has 0 aliphatic carbocycles. The van der Waals surface area contributed by atoms with Crippen LogP contribution in [0.3, 0.4) is 0 Å². The maximum Gasteiger partial charge on any atom is 0.103 e. The molecular formula is C12H19NO3. The van der Waals surface area contributed by atoms with Gasteiger partial charge in [-0.25, -0.2) is 0 Å². The molecule has 0 radical (unpaired) electrons. The fraction of sp³-hybridized carbons (Fsp3) is 0.667. The van der Waals surface area contributed by atoms with E-state index in [1.54, 1.807) is 6.26 Å². The normalized spacial score (nSPS) is 27.1. The average Bonchev–Trinajstić information content (AvgIpc) is 2.88. The zero-order valence-electron chi connectivity index (χ0n) is 9.56. The number of hydrogen-bond acceptors (Lipinski definition) is 4. The van der Waals surface area contributed by atoms with Gasteiger partial charge in [-0.05, 0) is 25.5 Å². The van der Waals surface area contributed by atoms with E-state index in [9.17, 15) is 5.11 Å². The van der Waals surface area contributed by atoms with E-state index in [1.165, 1.54) is 0 Å². The van der Waals surface area contributed by atoms with E-state index < -0.39 is 0 Å². The Morgan fingerprint density at radius 2 is 2.44 bits per heavy atom. The number of aryl methyl sites for hydroxylation is 1. The van der Waals surface area contributed by atoms with Crippen molar-refractivity contribution in [1.29, 1.82) is 0 Å². The summed E-state index contributed by atoms with van der Waals surface area (Å²) in [5, 5.41) is 13.0. The summed E-state index contributed by atoms with van der Waals surface area (Å²) in [7, 11) is 0. The van der Waals surface area contributed by atoms with E-state index in [1.807, 2.05) is 12.1 Å². The summed E-state index contributed by atoms with van der Waals surface area (Å²) in [6.07, 6.45) is 3.25. The third-order valence-corrected chi connectivity index (χ3v) is 2.95. The first kappa shape index (κ1) is 11.6. The largest absolute Gasteiger partial charge is 0.469 e. The van der Waals surface area contributed by atoms with Crippen molar-refractivity contribution in [2.24, 2.45) is 0 Å². The van der Waals surface area contributed by atoms with Crippen LogP contribution in [-0.2, 0) is 11.2 Å². The van der Waals surface area contributed by atoms with Gasteiger partial charge in [0, 0.05) is 12.5 Å². The molecule has 1 aromatic heterocycles. The number of aliphatic hydroxyl groups is 1. The van der Waals surface area contributed by atoms with E-state index in [4.69, 9.17) is 9.15 Å². The van der Waals surface area contributed by atoms with Crippen LogP contribution in [0.5, 0.6) is 0 Å². The molecule has 2 N–H and O–H groups in total. The van der Waals surface area contributed by atoms with E-state index in [-0.39, 0.29) is 12.1 Å². The minimum atomic E-state index is -0.369. The molecule has 1 aliphatic heterocycles. The van der Waals surface area contributed by atoms with Crippen LogP contribution in [0.4, 0.5) is 0 Å². The number of nitrogens with one attached hydrogen (secondary N) is 1. The van der Waals surface area contributed by atoms with Crippen LogP contribution >= 0.6 is 0 Å². The Morgan fingerprint density at radius 3 is 3.06 bits per heavy atom. The smallest absolute Gasteiger partial charge is 0.103 e. The minimum absolute atomic E-state index is 0.0756. The molecule has 1 aromatic rings. The minimum Gasteiger partial charge on any atom is -0.469 e. The van der Waals surface area contributed by atoms with Gasteiger partial charge in [0.2, 0.25) is 0 Å². The summed E-state index contributed by atoms with van der Waals surface area (Å²) in [6.45, 7) is 3.17. The second-order valence-corrected chi connectivity index (χ2v) is 4.40. The maximum atomic E-state index is 9.58. The van der Waals surface area contributed by atoms with Crippen molar-refractivity contribution in [3.05, 3.63) is 24.2 Å². The second kappa shape index (κ2) is 5.48. The third kappa shape index (κ3) is 3.07. The lowest BCUT2D eigenvalue weighted by atomic mass is 10.1. The van der Waals surface area contributed by atoms with Crippen LogP contribution in [0.15, 0.2) is 22.8 Å². The van der Waals surface area contributed by atoms with Gasteiger partial charge in [0.15, 0.2) is 0 Å². The lowest BCUT2D eigenvalue weighted by molar-refractivity contribution is 0.121. The number of rotatable bonds is 5. The van der Waals surface area contributed by atoms with Gasteiger partial charge >= 0.3 is 0 Å². The van der Waals surface area contributed by atoms with Crippen LogP contribution in [-0.4, -0.2) is 36.5 Å². The predicted octanol–water partition coefficient (Wildman–Crippen LogP) is 0.950. The van der Waals surface area contributed by atoms with Crippen molar-refractivity contribution in [1.82, 2.24) is 5.32 Å². The molecule has 0 aromatic carbocycles. The highest BCUT2D eigenvalue weighted by Gasteiger charge is 2.26. The molecule has 4 heteroatoms. The van der Waals surface area contributed by atoms with E-state index in [0.29, 0.717) is 19.3 Å². The average molecular weight is 225 g/mol. The first-order valence-corrected chi connectivity index (χ1v) is 5.80. The van der Waals surface area contributed by atoms with Crippen molar-refractivity contribution >= 4 is 0 Å². The van der Waals surface area contributed by atoms with Crippen molar-refractivity contribution in [3.8, 4) is 0 Å². The van der Waals surface area contributed by atoms with Crippen LogP contribution in [0.25, 0.3) is 0 Å². The van der Waals surface area contributed by atoms with Crippen molar-refractivity contribution < 1.29 is 14.3 Å². The molecular weight excluding hydrogens is 206 g/mol. The third-order valence-electron chi connectivity index (χ3n) is 2.95. The second-order valence-electron chi connectivity index (χ2n) is 4.40. The highest BCUT2D eigenvalue weighted by Crippen LogP contribution is 2.09. The highest BCUT2D eigenvalue weighted by atomic mass is 16.5. The molecule has 1 saturated heterocycles. The maximum absolute atomic E-state index is 9.58. The Labute approximate surface area is 95.6 Å². The highest BCUT2D eigenvalue weighted by molar-refractivity contribution is 4.98. The van der Waals surface area contributed by atoms with Crippen molar-refractivity contribution in [2.45, 2.75) is 38.0 Å². The van der Waals surface area contributed by atoms with Gasteiger partial charge in [0.25, 0.3) is 0 Å². The Kier molecular flexibility index (Phi) is 3.98. The Morgan fingerprint density at radius 1 is 1.56 bits per heavy atom. The molecule has 4 nitrogen and oxygen atoms in total. The summed E-state index contributed by atoms with van der Waals surface area (Å²) in [6, 6.07) is 4.32. The molecule has 0 amide bonds. The van der Waals surface area contributed by atoms with E-state index in [0.717, 1.165) is 18.6 Å². The molecule has 2 rings (SSSR count). The first-order valence-electron chi connectivity index (χ1n) is 5.80. The van der Waals surface area contributed by atoms with Crippen LogP contribution < -0.4 is 5.32 Å². The topological polar surface area (TPSA) is 54.6 Å². The lowest BCUT2D eigenvalue weighted by Gasteiger charge is -2.20. The molecule has 1 aliphatic rings. The SMILES string of the molecule is CC(CCc1ccco1)NC1COCC1O. The molecule has 16 heavy (non-hydrogen) atoms. The Balaban J connectivity index is 1.70. The van der Waals surface area contributed by atoms with Crippen LogP contribution in [0.1, 0.15) is 19.1 Å². The summed E-state index contributed by atoms with van der Waals surface area (Å²) in [5.41, 5.74) is 0. The van der Waals surface area contributed by atoms with Gasteiger partial charge in [-0.15, -0.1) is 0 Å².